The molecule has 5 nitrogen and oxygen atoms in total. The fraction of sp³-hybridized carbons (Fsp3) is 0.267. The monoisotopic (exact) mass is 302 g/mol. The van der Waals surface area contributed by atoms with Gasteiger partial charge in [-0.1, -0.05) is 6.07 Å². The molecular weight excluding hydrogens is 288 g/mol. The molecule has 1 aliphatic heterocycles. The van der Waals surface area contributed by atoms with Gasteiger partial charge in [0.1, 0.15) is 6.10 Å². The molecule has 2 aromatic heterocycles. The van der Waals surface area contributed by atoms with Crippen LogP contribution in [0.5, 0.6) is 0 Å². The molecule has 21 heavy (non-hydrogen) atoms. The predicted molar refractivity (Wildman–Crippen MR) is 78.2 cm³/mol. The number of aryl methyl sites for hydroxylation is 1. The summed E-state index contributed by atoms with van der Waals surface area (Å²) in [5, 5.41) is 1.95. The summed E-state index contributed by atoms with van der Waals surface area (Å²) in [6, 6.07) is 3.89. The predicted octanol–water partition coefficient (Wildman–Crippen LogP) is 2.32. The number of thiophene rings is 1. The Labute approximate surface area is 125 Å². The zero-order chi connectivity index (χ0) is 14.8. The number of rotatable bonds is 5. The molecule has 2 aromatic rings. The highest BCUT2D eigenvalue weighted by Gasteiger charge is 2.31. The van der Waals surface area contributed by atoms with Crippen LogP contribution in [0, 0.1) is 0 Å². The number of ether oxygens (including phenoxy) is 1. The summed E-state index contributed by atoms with van der Waals surface area (Å²) in [5.41, 5.74) is 0. The molecule has 0 N–H and O–H groups in total. The van der Waals surface area contributed by atoms with E-state index in [0.29, 0.717) is 5.82 Å². The fourth-order valence-corrected chi connectivity index (χ4v) is 3.27. The van der Waals surface area contributed by atoms with Crippen LogP contribution in [0.1, 0.15) is 27.8 Å². The summed E-state index contributed by atoms with van der Waals surface area (Å²) in [5.74, 6) is -0.162. The SMILES string of the molecule is Cn1ccnc1C(=O)C[C@H](c1cccs1)[C@H]1C=CC(=O)O1. The van der Waals surface area contributed by atoms with Gasteiger partial charge in [-0.15, -0.1) is 11.3 Å². The number of carbonyl (C=O) groups excluding carboxylic acids is 2. The molecule has 0 spiro atoms. The van der Waals surface area contributed by atoms with E-state index in [1.54, 1.807) is 41.4 Å². The molecule has 108 valence electrons. The van der Waals surface area contributed by atoms with Gasteiger partial charge >= 0.3 is 5.97 Å². The number of ketones is 1. The molecule has 3 rings (SSSR count). The first-order valence-electron chi connectivity index (χ1n) is 6.58. The lowest BCUT2D eigenvalue weighted by atomic mass is 9.94. The molecule has 3 heterocycles. The smallest absolute Gasteiger partial charge is 0.331 e. The minimum Gasteiger partial charge on any atom is -0.454 e. The second-order valence-electron chi connectivity index (χ2n) is 4.87. The molecule has 0 saturated heterocycles. The largest absolute Gasteiger partial charge is 0.454 e. The highest BCUT2D eigenvalue weighted by Crippen LogP contribution is 2.33. The third kappa shape index (κ3) is 2.80. The van der Waals surface area contributed by atoms with Gasteiger partial charge in [0.05, 0.1) is 0 Å². The first-order valence-corrected chi connectivity index (χ1v) is 7.46. The van der Waals surface area contributed by atoms with Crippen molar-refractivity contribution < 1.29 is 14.3 Å². The second kappa shape index (κ2) is 5.65. The minimum absolute atomic E-state index is 0.0581. The molecule has 0 aromatic carbocycles. The topological polar surface area (TPSA) is 61.2 Å². The molecule has 0 amide bonds. The first kappa shape index (κ1) is 13.8. The van der Waals surface area contributed by atoms with Crippen molar-refractivity contribution in [1.82, 2.24) is 9.55 Å². The van der Waals surface area contributed by atoms with E-state index in [-0.39, 0.29) is 30.2 Å². The number of carbonyl (C=O) groups is 2. The molecule has 0 bridgehead atoms. The van der Waals surface area contributed by atoms with Crippen LogP contribution >= 0.6 is 11.3 Å². The summed E-state index contributed by atoms with van der Waals surface area (Å²) < 4.78 is 6.97. The van der Waals surface area contributed by atoms with Crippen molar-refractivity contribution in [1.29, 1.82) is 0 Å². The van der Waals surface area contributed by atoms with E-state index in [0.717, 1.165) is 4.88 Å². The van der Waals surface area contributed by atoms with Gasteiger partial charge in [-0.25, -0.2) is 9.78 Å². The maximum absolute atomic E-state index is 12.4. The van der Waals surface area contributed by atoms with Crippen LogP contribution in [0.25, 0.3) is 0 Å². The standard InChI is InChI=1S/C15H14N2O3S/c1-17-7-6-16-15(17)11(18)9-10(13-3-2-8-21-13)12-4-5-14(19)20-12/h2-8,10,12H,9H2,1H3/t10-,12+/m0/s1. The number of imidazole rings is 1. The average molecular weight is 302 g/mol. The number of aromatic nitrogens is 2. The van der Waals surface area contributed by atoms with Crippen LogP contribution in [0.2, 0.25) is 0 Å². The van der Waals surface area contributed by atoms with Gasteiger partial charge in [0, 0.05) is 42.7 Å². The molecule has 0 aliphatic carbocycles. The number of esters is 1. The van der Waals surface area contributed by atoms with Gasteiger partial charge in [-0.2, -0.15) is 0 Å². The van der Waals surface area contributed by atoms with Crippen molar-refractivity contribution in [2.24, 2.45) is 7.05 Å². The van der Waals surface area contributed by atoms with Gasteiger partial charge < -0.3 is 9.30 Å². The van der Waals surface area contributed by atoms with Crippen molar-refractivity contribution in [3.05, 3.63) is 52.8 Å². The Morgan fingerprint density at radius 3 is 3.00 bits per heavy atom. The number of hydrogen-bond donors (Lipinski definition) is 0. The molecular formula is C15H14N2O3S. The minimum atomic E-state index is -0.389. The van der Waals surface area contributed by atoms with Gasteiger partial charge in [0.2, 0.25) is 0 Å². The van der Waals surface area contributed by atoms with Crippen LogP contribution in [0.15, 0.2) is 42.1 Å². The van der Waals surface area contributed by atoms with Crippen molar-refractivity contribution in [2.45, 2.75) is 18.4 Å². The number of Topliss-reactive ketones (excluding diaryl/α,β-unsaturated/α-hetero) is 1. The zero-order valence-electron chi connectivity index (χ0n) is 11.4. The lowest BCUT2D eigenvalue weighted by molar-refractivity contribution is -0.139. The maximum atomic E-state index is 12.4. The van der Waals surface area contributed by atoms with E-state index >= 15 is 0 Å². The Bertz CT molecular complexity index is 688. The Morgan fingerprint density at radius 2 is 2.43 bits per heavy atom. The van der Waals surface area contributed by atoms with E-state index in [1.807, 2.05) is 17.5 Å². The Morgan fingerprint density at radius 1 is 1.57 bits per heavy atom. The van der Waals surface area contributed by atoms with Crippen LogP contribution in [0.4, 0.5) is 0 Å². The van der Waals surface area contributed by atoms with Crippen LogP contribution in [0.3, 0.4) is 0 Å². The van der Waals surface area contributed by atoms with Gasteiger partial charge in [-0.05, 0) is 17.5 Å². The molecule has 6 heteroatoms. The van der Waals surface area contributed by atoms with E-state index in [2.05, 4.69) is 4.98 Å². The van der Waals surface area contributed by atoms with Gasteiger partial charge in [0.15, 0.2) is 11.6 Å². The van der Waals surface area contributed by atoms with Crippen molar-refractivity contribution >= 4 is 23.1 Å². The number of nitrogens with zero attached hydrogens (tertiary/aromatic N) is 2. The Kier molecular flexibility index (Phi) is 3.70. The summed E-state index contributed by atoms with van der Waals surface area (Å²) in [7, 11) is 1.79. The van der Waals surface area contributed by atoms with E-state index in [1.165, 1.54) is 6.08 Å². The summed E-state index contributed by atoms with van der Waals surface area (Å²) >= 11 is 1.56. The molecule has 2 atom stereocenters. The number of cyclic esters (lactones) is 1. The molecule has 1 aliphatic rings. The van der Waals surface area contributed by atoms with Crippen molar-refractivity contribution in [3.63, 3.8) is 0 Å². The third-order valence-corrected chi connectivity index (χ3v) is 4.46. The highest BCUT2D eigenvalue weighted by molar-refractivity contribution is 7.10. The number of hydrogen-bond acceptors (Lipinski definition) is 5. The van der Waals surface area contributed by atoms with Crippen molar-refractivity contribution in [3.8, 4) is 0 Å². The average Bonchev–Trinajstić information content (AvgIpc) is 3.17. The first-order chi connectivity index (χ1) is 10.1. The Balaban J connectivity index is 1.83. The van der Waals surface area contributed by atoms with Gasteiger partial charge in [0.25, 0.3) is 0 Å². The van der Waals surface area contributed by atoms with Crippen LogP contribution in [-0.2, 0) is 16.6 Å². The summed E-state index contributed by atoms with van der Waals surface area (Å²) in [6.45, 7) is 0. The maximum Gasteiger partial charge on any atom is 0.331 e. The third-order valence-electron chi connectivity index (χ3n) is 3.46. The highest BCUT2D eigenvalue weighted by atomic mass is 32.1. The fourth-order valence-electron chi connectivity index (χ4n) is 2.41. The molecule has 0 unspecified atom stereocenters. The molecule has 0 radical (unpaired) electrons. The van der Waals surface area contributed by atoms with Crippen LogP contribution < -0.4 is 0 Å². The van der Waals surface area contributed by atoms with Gasteiger partial charge in [-0.3, -0.25) is 4.79 Å². The summed E-state index contributed by atoms with van der Waals surface area (Å²) in [4.78, 5) is 28.8. The normalized spacial score (nSPS) is 18.7. The van der Waals surface area contributed by atoms with Crippen molar-refractivity contribution in [2.75, 3.05) is 0 Å². The lowest BCUT2D eigenvalue weighted by Gasteiger charge is -2.20. The lowest BCUT2D eigenvalue weighted by Crippen LogP contribution is -2.22. The molecule has 0 fully saturated rings. The van der Waals surface area contributed by atoms with E-state index in [4.69, 9.17) is 4.74 Å². The quantitative estimate of drug-likeness (QED) is 0.628. The van der Waals surface area contributed by atoms with E-state index in [9.17, 15) is 9.59 Å². The summed E-state index contributed by atoms with van der Waals surface area (Å²) in [6.07, 6.45) is 6.34. The second-order valence-corrected chi connectivity index (χ2v) is 5.85. The van der Waals surface area contributed by atoms with Crippen LogP contribution in [-0.4, -0.2) is 27.4 Å². The van der Waals surface area contributed by atoms with E-state index < -0.39 is 0 Å². The Hall–Kier alpha value is -2.21. The zero-order valence-corrected chi connectivity index (χ0v) is 12.2. The molecule has 0 saturated carbocycles.